The molecule has 1 saturated heterocycles. The van der Waals surface area contributed by atoms with Crippen molar-refractivity contribution in [2.45, 2.75) is 130 Å². The highest BCUT2D eigenvalue weighted by molar-refractivity contribution is 7.09. The molecule has 1 aliphatic heterocycles. The number of nitrogens with one attached hydrogen (secondary N) is 3. The Morgan fingerprint density at radius 1 is 0.905 bits per heavy atom. The number of nitrogens with zero attached hydrogens (tertiary/aromatic N) is 4. The molecule has 1 aliphatic rings. The molecule has 9 atom stereocenters. The van der Waals surface area contributed by atoms with Crippen LogP contribution in [0.2, 0.25) is 0 Å². The average molecular weight is 890 g/mol. The van der Waals surface area contributed by atoms with Crippen molar-refractivity contribution in [2.75, 3.05) is 47.2 Å². The van der Waals surface area contributed by atoms with Gasteiger partial charge in [-0.3, -0.25) is 24.1 Å². The third kappa shape index (κ3) is 13.6. The number of anilines is 1. The van der Waals surface area contributed by atoms with Crippen LogP contribution in [0.25, 0.3) is 0 Å². The lowest BCUT2D eigenvalue weighted by Gasteiger charge is -2.41. The molecule has 0 saturated carbocycles. The van der Waals surface area contributed by atoms with Gasteiger partial charge in [0.05, 0.1) is 48.7 Å². The Morgan fingerprint density at radius 3 is 2.19 bits per heavy atom. The van der Waals surface area contributed by atoms with Crippen LogP contribution in [0.3, 0.4) is 0 Å². The first-order chi connectivity index (χ1) is 30.1. The number of methoxy groups -OCH3 is 2. The number of hydrogen-bond donors (Lipinski definition) is 3. The first-order valence-electron chi connectivity index (χ1n) is 22.7. The van der Waals surface area contributed by atoms with Gasteiger partial charge in [-0.2, -0.15) is 0 Å². The zero-order chi connectivity index (χ0) is 46.4. The van der Waals surface area contributed by atoms with Crippen molar-refractivity contribution in [3.8, 4) is 0 Å². The molecule has 2 heterocycles. The Kier molecular flexibility index (Phi) is 20.0. The van der Waals surface area contributed by atoms with E-state index in [1.54, 1.807) is 32.4 Å². The Labute approximate surface area is 381 Å². The summed E-state index contributed by atoms with van der Waals surface area (Å²) in [5.41, 5.74) is 3.16. The van der Waals surface area contributed by atoms with Crippen molar-refractivity contribution in [1.29, 1.82) is 0 Å². The molecular formula is C49H75N7O6S. The summed E-state index contributed by atoms with van der Waals surface area (Å²) in [5, 5.41) is 12.3. The first-order valence-corrected chi connectivity index (χ1v) is 23.6. The highest BCUT2D eigenvalue weighted by Crippen LogP contribution is 2.31. The van der Waals surface area contributed by atoms with E-state index in [4.69, 9.17) is 9.47 Å². The van der Waals surface area contributed by atoms with Gasteiger partial charge in [0.2, 0.25) is 23.6 Å². The van der Waals surface area contributed by atoms with Crippen molar-refractivity contribution in [2.24, 2.45) is 23.7 Å². The standard InChI is InChI=1S/C49H75N7O6S/c1-13-33(6)44(55(10)49(60)42(31(2)3)53-47(59)43(32(4)5)54(9)30-36-21-17-22-37(27-36)50-8)40(61-11)29-41(57)56-25-18-23-39(56)45(62-12)34(7)46(58)52-38(48-51-24-26-63-48)28-35-19-15-14-16-20-35/h14-17,19-22,24,26-27,31-34,38-40,42-45,50H,13,18,23,25,28-30H2,1-12H3,(H,52,58)(H,53,59). The van der Waals surface area contributed by atoms with Crippen LogP contribution in [-0.4, -0.2) is 122 Å². The summed E-state index contributed by atoms with van der Waals surface area (Å²) in [6.07, 6.45) is 3.40. The average Bonchev–Trinajstić information content (AvgIpc) is 3.99. The summed E-state index contributed by atoms with van der Waals surface area (Å²) in [5.74, 6) is -1.55. The van der Waals surface area contributed by atoms with Gasteiger partial charge in [0.1, 0.15) is 11.0 Å². The fraction of sp³-hybridized carbons (Fsp3) is 0.612. The van der Waals surface area contributed by atoms with E-state index in [2.05, 4.69) is 40.8 Å². The van der Waals surface area contributed by atoms with Crippen molar-refractivity contribution in [3.05, 3.63) is 82.3 Å². The van der Waals surface area contributed by atoms with Crippen LogP contribution in [0.5, 0.6) is 0 Å². The van der Waals surface area contributed by atoms with Crippen LogP contribution in [0.15, 0.2) is 66.2 Å². The number of aromatic nitrogens is 1. The zero-order valence-corrected chi connectivity index (χ0v) is 40.6. The van der Waals surface area contributed by atoms with E-state index >= 15 is 0 Å². The van der Waals surface area contributed by atoms with Gasteiger partial charge in [-0.25, -0.2) is 4.98 Å². The molecule has 14 heteroatoms. The second-order valence-corrected chi connectivity index (χ2v) is 18.9. The summed E-state index contributed by atoms with van der Waals surface area (Å²) in [4.78, 5) is 67.3. The molecule has 4 amide bonds. The van der Waals surface area contributed by atoms with Gasteiger partial charge in [0, 0.05) is 58.7 Å². The third-order valence-corrected chi connectivity index (χ3v) is 13.7. The SMILES string of the molecule is CCC(C)C(C(CC(=O)N1CCCC1C(OC)C(C)C(=O)NC(Cc1ccccc1)c1nccs1)OC)N(C)C(=O)C(NC(=O)C(C(C)C)N(C)Cc1cccc(NC)c1)C(C)C. The van der Waals surface area contributed by atoms with E-state index in [9.17, 15) is 19.2 Å². The predicted octanol–water partition coefficient (Wildman–Crippen LogP) is 6.80. The number of hydrogen-bond acceptors (Lipinski definition) is 10. The molecule has 1 aromatic heterocycles. The van der Waals surface area contributed by atoms with Gasteiger partial charge < -0.3 is 35.2 Å². The number of benzene rings is 2. The van der Waals surface area contributed by atoms with Gasteiger partial charge in [0.25, 0.3) is 0 Å². The fourth-order valence-electron chi connectivity index (χ4n) is 9.26. The predicted molar refractivity (Wildman–Crippen MR) is 252 cm³/mol. The van der Waals surface area contributed by atoms with Gasteiger partial charge in [0.15, 0.2) is 0 Å². The lowest BCUT2D eigenvalue weighted by Crippen LogP contribution is -2.60. The van der Waals surface area contributed by atoms with Gasteiger partial charge in [-0.05, 0) is 67.3 Å². The van der Waals surface area contributed by atoms with E-state index in [-0.39, 0.29) is 59.9 Å². The molecule has 4 rings (SSSR count). The number of rotatable bonds is 24. The molecule has 0 bridgehead atoms. The molecule has 348 valence electrons. The second-order valence-electron chi connectivity index (χ2n) is 18.0. The van der Waals surface area contributed by atoms with Gasteiger partial charge in [-0.1, -0.05) is 97.4 Å². The highest BCUT2D eigenvalue weighted by atomic mass is 32.1. The topological polar surface area (TPSA) is 145 Å². The maximum atomic E-state index is 14.6. The molecular weight excluding hydrogens is 815 g/mol. The summed E-state index contributed by atoms with van der Waals surface area (Å²) < 4.78 is 12.2. The Bertz CT molecular complexity index is 1880. The lowest BCUT2D eigenvalue weighted by atomic mass is 9.89. The van der Waals surface area contributed by atoms with E-state index in [1.165, 1.54) is 11.3 Å². The molecule has 9 unspecified atom stereocenters. The molecule has 0 radical (unpaired) electrons. The van der Waals surface area contributed by atoms with Crippen LogP contribution >= 0.6 is 11.3 Å². The maximum Gasteiger partial charge on any atom is 0.245 e. The van der Waals surface area contributed by atoms with E-state index < -0.39 is 36.3 Å². The van der Waals surface area contributed by atoms with Crippen LogP contribution in [-0.2, 0) is 41.6 Å². The Hall–Kier alpha value is -4.37. The largest absolute Gasteiger partial charge is 0.388 e. The summed E-state index contributed by atoms with van der Waals surface area (Å²) >= 11 is 1.51. The zero-order valence-electron chi connectivity index (χ0n) is 39.8. The normalized spacial score (nSPS) is 18.0. The molecule has 0 spiro atoms. The Balaban J connectivity index is 1.48. The second kappa shape index (κ2) is 24.6. The van der Waals surface area contributed by atoms with Crippen molar-refractivity contribution in [1.82, 2.24) is 30.3 Å². The van der Waals surface area contributed by atoms with E-state index in [0.29, 0.717) is 25.9 Å². The molecule has 63 heavy (non-hydrogen) atoms. The van der Waals surface area contributed by atoms with Crippen molar-refractivity contribution in [3.63, 3.8) is 0 Å². The number of carbonyl (C=O) groups excluding carboxylic acids is 4. The summed E-state index contributed by atoms with van der Waals surface area (Å²) in [6, 6.07) is 15.7. The smallest absolute Gasteiger partial charge is 0.245 e. The van der Waals surface area contributed by atoms with Crippen LogP contribution in [0, 0.1) is 23.7 Å². The number of likely N-dealkylation sites (N-methyl/N-ethyl adjacent to an activating group) is 2. The fourth-order valence-corrected chi connectivity index (χ4v) is 9.95. The van der Waals surface area contributed by atoms with E-state index in [0.717, 1.165) is 34.7 Å². The molecule has 3 aromatic rings. The molecule has 1 fully saturated rings. The molecule has 2 aromatic carbocycles. The third-order valence-electron chi connectivity index (χ3n) is 12.9. The van der Waals surface area contributed by atoms with E-state index in [1.807, 2.05) is 112 Å². The number of ether oxygens (including phenoxy) is 2. The monoisotopic (exact) mass is 890 g/mol. The molecule has 0 aliphatic carbocycles. The van der Waals surface area contributed by atoms with Crippen molar-refractivity contribution >= 4 is 40.7 Å². The summed E-state index contributed by atoms with van der Waals surface area (Å²) in [6.45, 7) is 15.0. The van der Waals surface area contributed by atoms with Crippen LogP contribution in [0.1, 0.15) is 96.3 Å². The molecule has 3 N–H and O–H groups in total. The minimum absolute atomic E-state index is 0.0237. The van der Waals surface area contributed by atoms with Crippen LogP contribution < -0.4 is 16.0 Å². The number of carbonyl (C=O) groups is 4. The minimum Gasteiger partial charge on any atom is -0.388 e. The first kappa shape index (κ1) is 51.3. The quantitative estimate of drug-likeness (QED) is 0.0885. The van der Waals surface area contributed by atoms with Crippen molar-refractivity contribution < 1.29 is 28.7 Å². The van der Waals surface area contributed by atoms with Crippen LogP contribution in [0.4, 0.5) is 5.69 Å². The highest BCUT2D eigenvalue weighted by Gasteiger charge is 2.43. The number of amides is 4. The maximum absolute atomic E-state index is 14.6. The lowest BCUT2D eigenvalue weighted by molar-refractivity contribution is -0.148. The molecule has 13 nitrogen and oxygen atoms in total. The van der Waals surface area contributed by atoms with Gasteiger partial charge in [-0.15, -0.1) is 11.3 Å². The van der Waals surface area contributed by atoms with Gasteiger partial charge >= 0.3 is 0 Å². The number of likely N-dealkylation sites (tertiary alicyclic amines) is 1. The minimum atomic E-state index is -0.800. The Morgan fingerprint density at radius 2 is 1.60 bits per heavy atom. The number of thiazole rings is 1. The summed E-state index contributed by atoms with van der Waals surface area (Å²) in [7, 11) is 8.77.